The van der Waals surface area contributed by atoms with Crippen molar-refractivity contribution in [2.24, 2.45) is 0 Å². The van der Waals surface area contributed by atoms with Gasteiger partial charge < -0.3 is 19.2 Å². The highest BCUT2D eigenvalue weighted by atomic mass is 16.5. The molecule has 35 heavy (non-hydrogen) atoms. The summed E-state index contributed by atoms with van der Waals surface area (Å²) in [5, 5.41) is 3.95. The standard InChI is InChI=1S/C30H31NO4/c1-18-11-12-23(19(2)13-18)26-17-35-30-21(4)29(34-6)24(15-25(26)30)20(3)14-28(32)31-16-22-9-7-8-10-27(22)33-5/h7-15,17H,16H2,1-6H3,(H,31,32)/b20-14+. The van der Waals surface area contributed by atoms with Gasteiger partial charge in [-0.15, -0.1) is 0 Å². The molecule has 0 bridgehead atoms. The van der Waals surface area contributed by atoms with Gasteiger partial charge in [0.25, 0.3) is 0 Å². The van der Waals surface area contributed by atoms with Gasteiger partial charge in [0.2, 0.25) is 5.91 Å². The Labute approximate surface area is 206 Å². The van der Waals surface area contributed by atoms with Crippen molar-refractivity contribution in [2.75, 3.05) is 14.2 Å². The van der Waals surface area contributed by atoms with Crippen LogP contribution in [0.1, 0.15) is 34.7 Å². The molecule has 0 unspecified atom stereocenters. The minimum absolute atomic E-state index is 0.185. The van der Waals surface area contributed by atoms with Gasteiger partial charge in [0.15, 0.2) is 0 Å². The largest absolute Gasteiger partial charge is 0.496 e. The maximum Gasteiger partial charge on any atom is 0.244 e. The normalized spacial score (nSPS) is 11.5. The Morgan fingerprint density at radius 1 is 1.00 bits per heavy atom. The van der Waals surface area contributed by atoms with Crippen molar-refractivity contribution < 1.29 is 18.7 Å². The number of furan rings is 1. The smallest absolute Gasteiger partial charge is 0.244 e. The van der Waals surface area contributed by atoms with Gasteiger partial charge in [0.1, 0.15) is 17.1 Å². The summed E-state index contributed by atoms with van der Waals surface area (Å²) in [5.41, 5.74) is 8.82. The maximum absolute atomic E-state index is 12.8. The minimum atomic E-state index is -0.185. The first-order valence-electron chi connectivity index (χ1n) is 11.6. The molecule has 4 aromatic rings. The third-order valence-corrected chi connectivity index (χ3v) is 6.34. The summed E-state index contributed by atoms with van der Waals surface area (Å²) in [7, 11) is 3.26. The lowest BCUT2D eigenvalue weighted by Crippen LogP contribution is -2.21. The predicted molar refractivity (Wildman–Crippen MR) is 141 cm³/mol. The van der Waals surface area contributed by atoms with Crippen LogP contribution in [-0.4, -0.2) is 20.1 Å². The van der Waals surface area contributed by atoms with Gasteiger partial charge in [0.05, 0.1) is 20.5 Å². The lowest BCUT2D eigenvalue weighted by Gasteiger charge is -2.14. The van der Waals surface area contributed by atoms with E-state index in [0.29, 0.717) is 12.3 Å². The van der Waals surface area contributed by atoms with Crippen molar-refractivity contribution in [3.8, 4) is 22.6 Å². The fraction of sp³-hybridized carbons (Fsp3) is 0.233. The second kappa shape index (κ2) is 10.1. The van der Waals surface area contributed by atoms with Gasteiger partial charge in [-0.2, -0.15) is 0 Å². The number of methoxy groups -OCH3 is 2. The van der Waals surface area contributed by atoms with E-state index >= 15 is 0 Å². The third kappa shape index (κ3) is 4.80. The maximum atomic E-state index is 12.8. The van der Waals surface area contributed by atoms with E-state index in [1.807, 2.05) is 38.1 Å². The minimum Gasteiger partial charge on any atom is -0.496 e. The zero-order valence-electron chi connectivity index (χ0n) is 21.1. The number of carbonyl (C=O) groups excluding carboxylic acids is 1. The number of hydrogen-bond donors (Lipinski definition) is 1. The van der Waals surface area contributed by atoms with Crippen molar-refractivity contribution in [1.82, 2.24) is 5.32 Å². The summed E-state index contributed by atoms with van der Waals surface area (Å²) in [5.74, 6) is 1.26. The molecule has 180 valence electrons. The molecule has 0 radical (unpaired) electrons. The Bertz CT molecular complexity index is 1430. The Morgan fingerprint density at radius 2 is 1.77 bits per heavy atom. The number of nitrogens with one attached hydrogen (secondary N) is 1. The van der Waals surface area contributed by atoms with Gasteiger partial charge in [0, 0.05) is 40.3 Å². The molecule has 0 saturated carbocycles. The van der Waals surface area contributed by atoms with E-state index < -0.39 is 0 Å². The third-order valence-electron chi connectivity index (χ3n) is 6.34. The summed E-state index contributed by atoms with van der Waals surface area (Å²) in [6, 6.07) is 16.1. The molecule has 1 aromatic heterocycles. The van der Waals surface area contributed by atoms with E-state index in [-0.39, 0.29) is 5.91 Å². The number of allylic oxidation sites excluding steroid dienone is 1. The van der Waals surface area contributed by atoms with Crippen molar-refractivity contribution in [3.63, 3.8) is 0 Å². The Kier molecular flexibility index (Phi) is 6.97. The van der Waals surface area contributed by atoms with Crippen LogP contribution in [0.4, 0.5) is 0 Å². The Morgan fingerprint density at radius 3 is 2.49 bits per heavy atom. The van der Waals surface area contributed by atoms with E-state index in [0.717, 1.165) is 50.1 Å². The molecule has 1 N–H and O–H groups in total. The van der Waals surface area contributed by atoms with Crippen LogP contribution in [0.15, 0.2) is 65.3 Å². The quantitative estimate of drug-likeness (QED) is 0.304. The Balaban J connectivity index is 1.70. The van der Waals surface area contributed by atoms with Gasteiger partial charge in [-0.1, -0.05) is 42.0 Å². The molecule has 1 amide bonds. The molecular weight excluding hydrogens is 438 g/mol. The molecular formula is C30H31NO4. The molecule has 0 spiro atoms. The average Bonchev–Trinajstić information content (AvgIpc) is 3.27. The number of benzene rings is 3. The fourth-order valence-electron chi connectivity index (χ4n) is 4.55. The highest BCUT2D eigenvalue weighted by Gasteiger charge is 2.19. The second-order valence-electron chi connectivity index (χ2n) is 8.78. The second-order valence-corrected chi connectivity index (χ2v) is 8.78. The number of carbonyl (C=O) groups is 1. The van der Waals surface area contributed by atoms with E-state index in [2.05, 4.69) is 43.4 Å². The van der Waals surface area contributed by atoms with Gasteiger partial charge in [-0.25, -0.2) is 0 Å². The summed E-state index contributed by atoms with van der Waals surface area (Å²) < 4.78 is 17.1. The van der Waals surface area contributed by atoms with E-state index in [4.69, 9.17) is 13.9 Å². The number of aryl methyl sites for hydroxylation is 3. The molecule has 5 nitrogen and oxygen atoms in total. The number of para-hydroxylation sites is 1. The Hall–Kier alpha value is -3.99. The van der Waals surface area contributed by atoms with Crippen molar-refractivity contribution >= 4 is 22.4 Å². The van der Waals surface area contributed by atoms with Gasteiger partial charge in [-0.3, -0.25) is 4.79 Å². The molecule has 0 atom stereocenters. The monoisotopic (exact) mass is 469 g/mol. The van der Waals surface area contributed by atoms with Gasteiger partial charge >= 0.3 is 0 Å². The molecule has 0 saturated heterocycles. The van der Waals surface area contributed by atoms with Crippen LogP contribution in [0.5, 0.6) is 11.5 Å². The first-order valence-corrected chi connectivity index (χ1v) is 11.6. The average molecular weight is 470 g/mol. The summed E-state index contributed by atoms with van der Waals surface area (Å²) >= 11 is 0. The summed E-state index contributed by atoms with van der Waals surface area (Å²) in [6.45, 7) is 8.47. The van der Waals surface area contributed by atoms with Crippen LogP contribution in [-0.2, 0) is 11.3 Å². The molecule has 0 aliphatic heterocycles. The molecule has 0 aliphatic carbocycles. The highest BCUT2D eigenvalue weighted by molar-refractivity contribution is 6.02. The zero-order valence-corrected chi connectivity index (χ0v) is 21.1. The first kappa shape index (κ1) is 24.1. The first-order chi connectivity index (χ1) is 16.8. The van der Waals surface area contributed by atoms with E-state index in [1.54, 1.807) is 26.6 Å². The summed E-state index contributed by atoms with van der Waals surface area (Å²) in [6.07, 6.45) is 3.41. The zero-order chi connectivity index (χ0) is 25.1. The predicted octanol–water partition coefficient (Wildman–Crippen LogP) is 6.76. The van der Waals surface area contributed by atoms with Crippen LogP contribution in [0.2, 0.25) is 0 Å². The molecule has 1 heterocycles. The number of fused-ring (bicyclic) bond motifs is 1. The van der Waals surface area contributed by atoms with Crippen LogP contribution in [0.3, 0.4) is 0 Å². The van der Waals surface area contributed by atoms with Crippen molar-refractivity contribution in [1.29, 1.82) is 0 Å². The van der Waals surface area contributed by atoms with Crippen molar-refractivity contribution in [2.45, 2.75) is 34.2 Å². The lowest BCUT2D eigenvalue weighted by molar-refractivity contribution is -0.116. The van der Waals surface area contributed by atoms with E-state index in [9.17, 15) is 4.79 Å². The highest BCUT2D eigenvalue weighted by Crippen LogP contribution is 2.41. The van der Waals surface area contributed by atoms with Gasteiger partial charge in [-0.05, 0) is 56.5 Å². The van der Waals surface area contributed by atoms with Crippen molar-refractivity contribution in [3.05, 3.63) is 88.7 Å². The number of ether oxygens (including phenoxy) is 2. The molecule has 3 aromatic carbocycles. The van der Waals surface area contributed by atoms with Crippen LogP contribution in [0, 0.1) is 20.8 Å². The summed E-state index contributed by atoms with van der Waals surface area (Å²) in [4.78, 5) is 12.8. The molecule has 0 aliphatic rings. The topological polar surface area (TPSA) is 60.7 Å². The van der Waals surface area contributed by atoms with E-state index in [1.165, 1.54) is 11.1 Å². The van der Waals surface area contributed by atoms with Crippen LogP contribution >= 0.6 is 0 Å². The number of amides is 1. The van der Waals surface area contributed by atoms with Crippen LogP contribution in [0.25, 0.3) is 27.7 Å². The molecule has 4 rings (SSSR count). The molecule has 5 heteroatoms. The number of hydrogen-bond acceptors (Lipinski definition) is 4. The van der Waals surface area contributed by atoms with Crippen LogP contribution < -0.4 is 14.8 Å². The SMILES string of the molecule is COc1ccccc1CNC(=O)/C=C(\C)c1cc2c(-c3ccc(C)cc3C)coc2c(C)c1OC. The molecule has 0 fully saturated rings. The number of rotatable bonds is 7. The lowest BCUT2D eigenvalue weighted by atomic mass is 9.94. The fourth-order valence-corrected chi connectivity index (χ4v) is 4.55.